The predicted molar refractivity (Wildman–Crippen MR) is 78.1 cm³/mol. The molecule has 3 heteroatoms. The highest BCUT2D eigenvalue weighted by Gasteiger charge is 2.31. The van der Waals surface area contributed by atoms with Crippen LogP contribution >= 0.6 is 0 Å². The molecule has 1 amide bonds. The number of para-hydroxylation sites is 1. The van der Waals surface area contributed by atoms with E-state index in [9.17, 15) is 9.59 Å². The van der Waals surface area contributed by atoms with Crippen molar-refractivity contribution < 1.29 is 9.59 Å². The minimum absolute atomic E-state index is 0.123. The first-order valence-electron chi connectivity index (χ1n) is 6.42. The molecule has 0 saturated heterocycles. The molecule has 1 heterocycles. The fourth-order valence-corrected chi connectivity index (χ4v) is 2.46. The van der Waals surface area contributed by atoms with Gasteiger partial charge in [0.2, 0.25) is 0 Å². The molecule has 0 unspecified atom stereocenters. The van der Waals surface area contributed by atoms with Crippen molar-refractivity contribution in [1.29, 1.82) is 0 Å². The highest BCUT2D eigenvalue weighted by molar-refractivity contribution is 6.33. The maximum Gasteiger partial charge on any atom is 0.259 e. The highest BCUT2D eigenvalue weighted by Crippen LogP contribution is 2.37. The molecule has 0 radical (unpaired) electrons. The van der Waals surface area contributed by atoms with Crippen molar-refractivity contribution in [1.82, 2.24) is 0 Å². The normalized spacial score (nSPS) is 15.5. The summed E-state index contributed by atoms with van der Waals surface area (Å²) in [6.45, 7) is 0.507. The van der Waals surface area contributed by atoms with E-state index < -0.39 is 0 Å². The Bertz CT molecular complexity index is 689. The van der Waals surface area contributed by atoms with Crippen LogP contribution in [0.2, 0.25) is 0 Å². The van der Waals surface area contributed by atoms with Gasteiger partial charge in [0, 0.05) is 5.56 Å². The van der Waals surface area contributed by atoms with E-state index in [1.165, 1.54) is 6.08 Å². The molecule has 0 bridgehead atoms. The van der Waals surface area contributed by atoms with Gasteiger partial charge in [0.15, 0.2) is 0 Å². The molecule has 0 N–H and O–H groups in total. The Morgan fingerprint density at radius 2 is 1.65 bits per heavy atom. The van der Waals surface area contributed by atoms with Crippen molar-refractivity contribution in [2.24, 2.45) is 0 Å². The van der Waals surface area contributed by atoms with Gasteiger partial charge in [-0.25, -0.2) is 0 Å². The van der Waals surface area contributed by atoms with E-state index in [4.69, 9.17) is 0 Å². The molecule has 20 heavy (non-hydrogen) atoms. The van der Waals surface area contributed by atoms with Gasteiger partial charge in [-0.05, 0) is 17.7 Å². The third-order valence-electron chi connectivity index (χ3n) is 3.38. The first-order valence-corrected chi connectivity index (χ1v) is 6.42. The van der Waals surface area contributed by atoms with E-state index in [0.717, 1.165) is 16.8 Å². The fourth-order valence-electron chi connectivity index (χ4n) is 2.46. The van der Waals surface area contributed by atoms with Crippen molar-refractivity contribution >= 4 is 23.5 Å². The van der Waals surface area contributed by atoms with E-state index in [1.807, 2.05) is 54.6 Å². The second-order valence-corrected chi connectivity index (χ2v) is 4.61. The molecule has 3 nitrogen and oxygen atoms in total. The molecule has 2 aromatic carbocycles. The van der Waals surface area contributed by atoms with Gasteiger partial charge in [0.1, 0.15) is 6.29 Å². The van der Waals surface area contributed by atoms with E-state index in [1.54, 1.807) is 4.90 Å². The Morgan fingerprint density at radius 1 is 0.950 bits per heavy atom. The first kappa shape index (κ1) is 12.4. The summed E-state index contributed by atoms with van der Waals surface area (Å²) in [6.07, 6.45) is 2.00. The molecule has 3 rings (SSSR count). The van der Waals surface area contributed by atoms with Crippen LogP contribution in [-0.2, 0) is 16.1 Å². The summed E-state index contributed by atoms with van der Waals surface area (Å²) in [6, 6.07) is 17.4. The minimum atomic E-state index is -0.123. The molecule has 0 spiro atoms. The van der Waals surface area contributed by atoms with Gasteiger partial charge in [-0.1, -0.05) is 48.5 Å². The molecule has 0 aromatic heterocycles. The molecule has 98 valence electrons. The van der Waals surface area contributed by atoms with Crippen molar-refractivity contribution in [3.63, 3.8) is 0 Å². The zero-order valence-corrected chi connectivity index (χ0v) is 10.8. The molecule has 1 aliphatic rings. The molecule has 0 fully saturated rings. The lowest BCUT2D eigenvalue weighted by Gasteiger charge is -2.17. The number of nitrogens with zero attached hydrogens (tertiary/aromatic N) is 1. The molecule has 0 aliphatic carbocycles. The predicted octanol–water partition coefficient (Wildman–Crippen LogP) is 2.82. The zero-order valence-electron chi connectivity index (χ0n) is 10.8. The summed E-state index contributed by atoms with van der Waals surface area (Å²) >= 11 is 0. The number of aldehydes is 1. The van der Waals surface area contributed by atoms with Crippen LogP contribution in [0, 0.1) is 0 Å². The van der Waals surface area contributed by atoms with Gasteiger partial charge in [-0.2, -0.15) is 0 Å². The molecule has 0 saturated carbocycles. The Hall–Kier alpha value is -2.68. The molecule has 2 aromatic rings. The van der Waals surface area contributed by atoms with Crippen molar-refractivity contribution in [2.45, 2.75) is 6.54 Å². The van der Waals surface area contributed by atoms with Gasteiger partial charge < -0.3 is 4.90 Å². The Balaban J connectivity index is 2.02. The van der Waals surface area contributed by atoms with Crippen LogP contribution in [-0.4, -0.2) is 12.2 Å². The van der Waals surface area contributed by atoms with E-state index >= 15 is 0 Å². The van der Waals surface area contributed by atoms with Gasteiger partial charge in [0.05, 0.1) is 17.8 Å². The topological polar surface area (TPSA) is 37.4 Å². The van der Waals surface area contributed by atoms with Gasteiger partial charge >= 0.3 is 0 Å². The van der Waals surface area contributed by atoms with Crippen LogP contribution < -0.4 is 4.90 Å². The maximum absolute atomic E-state index is 12.5. The van der Waals surface area contributed by atoms with Crippen LogP contribution in [0.25, 0.3) is 5.57 Å². The van der Waals surface area contributed by atoms with Crippen molar-refractivity contribution in [3.05, 3.63) is 71.8 Å². The maximum atomic E-state index is 12.5. The summed E-state index contributed by atoms with van der Waals surface area (Å²) in [5.74, 6) is -0.123. The number of anilines is 1. The largest absolute Gasteiger partial charge is 0.303 e. The summed E-state index contributed by atoms with van der Waals surface area (Å²) in [5, 5.41) is 0. The van der Waals surface area contributed by atoms with Crippen LogP contribution in [0.3, 0.4) is 0 Å². The van der Waals surface area contributed by atoms with Crippen LogP contribution in [0.1, 0.15) is 11.1 Å². The number of amides is 1. The average molecular weight is 263 g/mol. The standard InChI is InChI=1S/C17H13NO2/c19-11-10-15-14-8-4-5-9-16(14)18(17(15)20)12-13-6-2-1-3-7-13/h1-11H,12H2/b15-10-. The number of carbonyl (C=O) groups excluding carboxylic acids is 2. The SMILES string of the molecule is O=C/C=C1\C(=O)N(Cc2ccccc2)c2ccccc21. The van der Waals surface area contributed by atoms with E-state index in [-0.39, 0.29) is 5.91 Å². The van der Waals surface area contributed by atoms with Crippen LogP contribution in [0.4, 0.5) is 5.69 Å². The van der Waals surface area contributed by atoms with Crippen LogP contribution in [0.5, 0.6) is 0 Å². The van der Waals surface area contributed by atoms with E-state index in [2.05, 4.69) is 0 Å². The Morgan fingerprint density at radius 3 is 2.40 bits per heavy atom. The third-order valence-corrected chi connectivity index (χ3v) is 3.38. The number of rotatable bonds is 3. The summed E-state index contributed by atoms with van der Waals surface area (Å²) < 4.78 is 0. The number of hydrogen-bond donors (Lipinski definition) is 0. The van der Waals surface area contributed by atoms with Gasteiger partial charge in [-0.3, -0.25) is 9.59 Å². The van der Waals surface area contributed by atoms with Crippen molar-refractivity contribution in [3.8, 4) is 0 Å². The van der Waals surface area contributed by atoms with E-state index in [0.29, 0.717) is 18.4 Å². The fraction of sp³-hybridized carbons (Fsp3) is 0.0588. The lowest BCUT2D eigenvalue weighted by molar-refractivity contribution is -0.113. The van der Waals surface area contributed by atoms with Gasteiger partial charge in [-0.15, -0.1) is 0 Å². The summed E-state index contributed by atoms with van der Waals surface area (Å²) in [4.78, 5) is 24.9. The zero-order chi connectivity index (χ0) is 13.9. The lowest BCUT2D eigenvalue weighted by Crippen LogP contribution is -2.25. The number of carbonyl (C=O) groups is 2. The number of hydrogen-bond acceptors (Lipinski definition) is 2. The van der Waals surface area contributed by atoms with Gasteiger partial charge in [0.25, 0.3) is 5.91 Å². The molecular formula is C17H13NO2. The average Bonchev–Trinajstić information content (AvgIpc) is 2.75. The summed E-state index contributed by atoms with van der Waals surface area (Å²) in [5.41, 5.74) is 3.20. The molecular weight excluding hydrogens is 250 g/mol. The Kier molecular flexibility index (Phi) is 3.17. The quantitative estimate of drug-likeness (QED) is 0.630. The van der Waals surface area contributed by atoms with Crippen molar-refractivity contribution in [2.75, 3.05) is 4.90 Å². The summed E-state index contributed by atoms with van der Waals surface area (Å²) in [7, 11) is 0. The Labute approximate surface area is 117 Å². The number of allylic oxidation sites excluding steroid dienone is 1. The number of fused-ring (bicyclic) bond motifs is 1. The molecule has 0 atom stereocenters. The minimum Gasteiger partial charge on any atom is -0.303 e. The number of benzene rings is 2. The lowest BCUT2D eigenvalue weighted by atomic mass is 10.1. The van der Waals surface area contributed by atoms with Crippen LogP contribution in [0.15, 0.2) is 60.7 Å². The second-order valence-electron chi connectivity index (χ2n) is 4.61. The highest BCUT2D eigenvalue weighted by atomic mass is 16.2. The third kappa shape index (κ3) is 2.03. The molecule has 1 aliphatic heterocycles. The smallest absolute Gasteiger partial charge is 0.259 e. The second kappa shape index (κ2) is 5.13. The first-order chi connectivity index (χ1) is 9.81. The monoisotopic (exact) mass is 263 g/mol.